The minimum absolute atomic E-state index is 0.0912. The Morgan fingerprint density at radius 3 is 3.00 bits per heavy atom. The maximum Gasteiger partial charge on any atom is 0.251 e. The number of anilines is 1. The van der Waals surface area contributed by atoms with Crippen LogP contribution in [0.3, 0.4) is 0 Å². The van der Waals surface area contributed by atoms with Crippen molar-refractivity contribution in [3.8, 4) is 0 Å². The van der Waals surface area contributed by atoms with E-state index in [0.29, 0.717) is 16.5 Å². The lowest BCUT2D eigenvalue weighted by atomic mass is 9.94. The number of rotatable bonds is 3. The molecule has 1 aromatic rings. The third kappa shape index (κ3) is 2.88. The smallest absolute Gasteiger partial charge is 0.251 e. The van der Waals surface area contributed by atoms with Gasteiger partial charge in [-0.05, 0) is 36.8 Å². The Morgan fingerprint density at radius 1 is 1.56 bits per heavy atom. The van der Waals surface area contributed by atoms with Gasteiger partial charge in [0, 0.05) is 0 Å². The summed E-state index contributed by atoms with van der Waals surface area (Å²) in [6.45, 7) is 2.99. The first kappa shape index (κ1) is 13.0. The zero-order valence-electron chi connectivity index (χ0n) is 10.2. The van der Waals surface area contributed by atoms with Gasteiger partial charge in [0.15, 0.2) is 0 Å². The Kier molecular flexibility index (Phi) is 3.98. The lowest BCUT2D eigenvalue weighted by molar-refractivity contribution is -0.118. The molecule has 2 heterocycles. The molecule has 2 atom stereocenters. The molecule has 1 fully saturated rings. The van der Waals surface area contributed by atoms with Gasteiger partial charge in [0.1, 0.15) is 5.00 Å². The molecule has 1 aliphatic rings. The van der Waals surface area contributed by atoms with Crippen LogP contribution in [-0.2, 0) is 4.79 Å². The first-order valence-electron chi connectivity index (χ1n) is 5.99. The number of nitrogens with one attached hydrogen (secondary N) is 2. The molecule has 5 nitrogen and oxygen atoms in total. The molecule has 2 rings (SSSR count). The molecule has 0 aromatic carbocycles. The fourth-order valence-corrected chi connectivity index (χ4v) is 2.90. The van der Waals surface area contributed by atoms with E-state index in [0.717, 1.165) is 19.4 Å². The number of hydrogen-bond donors (Lipinski definition) is 3. The highest BCUT2D eigenvalue weighted by molar-refractivity contribution is 7.14. The molecule has 98 valence electrons. The number of carbonyl (C=O) groups is 2. The molecule has 0 saturated carbocycles. The van der Waals surface area contributed by atoms with Gasteiger partial charge in [-0.1, -0.05) is 6.92 Å². The van der Waals surface area contributed by atoms with Gasteiger partial charge in [-0.25, -0.2) is 0 Å². The van der Waals surface area contributed by atoms with Crippen molar-refractivity contribution >= 4 is 28.2 Å². The van der Waals surface area contributed by atoms with Crippen molar-refractivity contribution < 1.29 is 9.59 Å². The summed E-state index contributed by atoms with van der Waals surface area (Å²) in [4.78, 5) is 23.2. The second kappa shape index (κ2) is 5.49. The van der Waals surface area contributed by atoms with E-state index in [4.69, 9.17) is 5.73 Å². The fraction of sp³-hybridized carbons (Fsp3) is 0.500. The van der Waals surface area contributed by atoms with Crippen LogP contribution < -0.4 is 16.4 Å². The van der Waals surface area contributed by atoms with Crippen LogP contribution in [0.25, 0.3) is 0 Å². The molecule has 18 heavy (non-hydrogen) atoms. The molecular weight excluding hydrogens is 250 g/mol. The molecule has 2 amide bonds. The molecule has 1 saturated heterocycles. The van der Waals surface area contributed by atoms with E-state index in [1.165, 1.54) is 11.3 Å². The number of carbonyl (C=O) groups excluding carboxylic acids is 2. The number of amides is 2. The van der Waals surface area contributed by atoms with Crippen LogP contribution in [0.15, 0.2) is 11.4 Å². The number of thiophene rings is 1. The summed E-state index contributed by atoms with van der Waals surface area (Å²) in [7, 11) is 0. The third-order valence-electron chi connectivity index (χ3n) is 3.15. The standard InChI is InChI=1S/C12H17N3O2S/c1-7-2-4-14-9(6-7)11(17)15-12-8(10(13)16)3-5-18-12/h3,5,7,9,14H,2,4,6H2,1H3,(H2,13,16)(H,15,17). The number of hydrogen-bond acceptors (Lipinski definition) is 4. The molecule has 1 aromatic heterocycles. The highest BCUT2D eigenvalue weighted by Gasteiger charge is 2.25. The first-order chi connectivity index (χ1) is 8.58. The Labute approximate surface area is 110 Å². The van der Waals surface area contributed by atoms with E-state index in [1.807, 2.05) is 0 Å². The molecule has 4 N–H and O–H groups in total. The summed E-state index contributed by atoms with van der Waals surface area (Å²) in [5.74, 6) is -0.0658. The van der Waals surface area contributed by atoms with Gasteiger partial charge in [0.2, 0.25) is 5.91 Å². The summed E-state index contributed by atoms with van der Waals surface area (Å²) >= 11 is 1.31. The average molecular weight is 267 g/mol. The first-order valence-corrected chi connectivity index (χ1v) is 6.87. The van der Waals surface area contributed by atoms with Gasteiger partial charge in [0.25, 0.3) is 5.91 Å². The zero-order chi connectivity index (χ0) is 13.1. The molecule has 1 aliphatic heterocycles. The topological polar surface area (TPSA) is 84.2 Å². The largest absolute Gasteiger partial charge is 0.366 e. The predicted molar refractivity (Wildman–Crippen MR) is 71.7 cm³/mol. The average Bonchev–Trinajstić information content (AvgIpc) is 2.77. The number of piperidine rings is 1. The second-order valence-electron chi connectivity index (χ2n) is 4.65. The van der Waals surface area contributed by atoms with Crippen LogP contribution in [0.4, 0.5) is 5.00 Å². The van der Waals surface area contributed by atoms with Crippen molar-refractivity contribution in [2.75, 3.05) is 11.9 Å². The summed E-state index contributed by atoms with van der Waals surface area (Å²) < 4.78 is 0. The molecule has 0 spiro atoms. The molecular formula is C12H17N3O2S. The Morgan fingerprint density at radius 2 is 2.33 bits per heavy atom. The summed E-state index contributed by atoms with van der Waals surface area (Å²) in [6, 6.07) is 1.44. The third-order valence-corrected chi connectivity index (χ3v) is 3.98. The van der Waals surface area contributed by atoms with Crippen LogP contribution in [-0.4, -0.2) is 24.4 Å². The Balaban J connectivity index is 2.02. The van der Waals surface area contributed by atoms with Crippen LogP contribution in [0.5, 0.6) is 0 Å². The minimum Gasteiger partial charge on any atom is -0.366 e. The van der Waals surface area contributed by atoms with E-state index in [-0.39, 0.29) is 11.9 Å². The van der Waals surface area contributed by atoms with Crippen LogP contribution >= 0.6 is 11.3 Å². The van der Waals surface area contributed by atoms with Crippen LogP contribution in [0.2, 0.25) is 0 Å². The van der Waals surface area contributed by atoms with Crippen molar-refractivity contribution in [3.63, 3.8) is 0 Å². The summed E-state index contributed by atoms with van der Waals surface area (Å²) in [5, 5.41) is 8.24. The van der Waals surface area contributed by atoms with Crippen molar-refractivity contribution in [1.29, 1.82) is 0 Å². The summed E-state index contributed by atoms with van der Waals surface area (Å²) in [6.07, 6.45) is 1.92. The maximum absolute atomic E-state index is 12.1. The molecule has 6 heteroatoms. The minimum atomic E-state index is -0.517. The van der Waals surface area contributed by atoms with Crippen molar-refractivity contribution in [3.05, 3.63) is 17.0 Å². The molecule has 0 aliphatic carbocycles. The second-order valence-corrected chi connectivity index (χ2v) is 5.57. The van der Waals surface area contributed by atoms with Gasteiger partial charge in [-0.15, -0.1) is 11.3 Å². The van der Waals surface area contributed by atoms with Crippen LogP contribution in [0.1, 0.15) is 30.1 Å². The lowest BCUT2D eigenvalue weighted by Gasteiger charge is -2.27. The zero-order valence-corrected chi connectivity index (χ0v) is 11.0. The van der Waals surface area contributed by atoms with Crippen molar-refractivity contribution in [2.24, 2.45) is 11.7 Å². The predicted octanol–water partition coefficient (Wildman–Crippen LogP) is 1.17. The van der Waals surface area contributed by atoms with E-state index in [9.17, 15) is 9.59 Å². The number of primary amides is 1. The van der Waals surface area contributed by atoms with Crippen LogP contribution in [0, 0.1) is 5.92 Å². The van der Waals surface area contributed by atoms with E-state index >= 15 is 0 Å². The highest BCUT2D eigenvalue weighted by Crippen LogP contribution is 2.24. The van der Waals surface area contributed by atoms with Crippen molar-refractivity contribution in [2.45, 2.75) is 25.8 Å². The summed E-state index contributed by atoms with van der Waals surface area (Å²) in [5.41, 5.74) is 5.61. The molecule has 2 unspecified atom stereocenters. The van der Waals surface area contributed by atoms with E-state index < -0.39 is 5.91 Å². The van der Waals surface area contributed by atoms with Gasteiger partial charge in [0.05, 0.1) is 11.6 Å². The normalized spacial score (nSPS) is 23.6. The Bertz CT molecular complexity index is 458. The van der Waals surface area contributed by atoms with Gasteiger partial charge in [-0.3, -0.25) is 9.59 Å². The fourth-order valence-electron chi connectivity index (χ4n) is 2.11. The van der Waals surface area contributed by atoms with Gasteiger partial charge in [-0.2, -0.15) is 0 Å². The van der Waals surface area contributed by atoms with Crippen molar-refractivity contribution in [1.82, 2.24) is 5.32 Å². The van der Waals surface area contributed by atoms with Gasteiger partial charge >= 0.3 is 0 Å². The van der Waals surface area contributed by atoms with Gasteiger partial charge < -0.3 is 16.4 Å². The lowest BCUT2D eigenvalue weighted by Crippen LogP contribution is -2.45. The molecule has 0 radical (unpaired) electrons. The number of nitrogens with two attached hydrogens (primary N) is 1. The highest BCUT2D eigenvalue weighted by atomic mass is 32.1. The Hall–Kier alpha value is -1.40. The molecule has 0 bridgehead atoms. The van der Waals surface area contributed by atoms with E-state index in [2.05, 4.69) is 17.6 Å². The SMILES string of the molecule is CC1CCNC(C(=O)Nc2sccc2C(N)=O)C1. The quantitative estimate of drug-likeness (QED) is 0.768. The monoisotopic (exact) mass is 267 g/mol. The van der Waals surface area contributed by atoms with E-state index in [1.54, 1.807) is 11.4 Å². The maximum atomic E-state index is 12.1.